The smallest absolute Gasteiger partial charge is 0.341 e. The minimum Gasteiger partial charge on any atom is -0.484 e. The zero-order valence-electron chi connectivity index (χ0n) is 17.8. The number of nitrogens with one attached hydrogen (secondary N) is 1. The largest absolute Gasteiger partial charge is 0.484 e. The standard InChI is InChI=1S/C23H22N2O6S/c1-4-30-23(27)21-19(16-6-5-7-17(11-16)25(28)29)13-32-22(21)24-20(26)12-31-18-9-8-14(2)15(3)10-18/h5-11,13H,4,12H2,1-3H3,(H,24,26). The molecule has 1 amide bonds. The molecule has 0 atom stereocenters. The summed E-state index contributed by atoms with van der Waals surface area (Å²) in [6.45, 7) is 5.52. The number of nitro benzene ring substituents is 1. The summed E-state index contributed by atoms with van der Waals surface area (Å²) in [6.07, 6.45) is 0. The molecule has 32 heavy (non-hydrogen) atoms. The summed E-state index contributed by atoms with van der Waals surface area (Å²) in [6, 6.07) is 11.5. The third kappa shape index (κ3) is 5.30. The third-order valence-corrected chi connectivity index (χ3v) is 5.64. The summed E-state index contributed by atoms with van der Waals surface area (Å²) in [5, 5.41) is 15.8. The number of nitrogens with zero attached hydrogens (tertiary/aromatic N) is 1. The average Bonchev–Trinajstić information content (AvgIpc) is 3.18. The number of non-ortho nitro benzene ring substituents is 1. The zero-order chi connectivity index (χ0) is 23.3. The number of carbonyl (C=O) groups excluding carboxylic acids is 2. The molecule has 3 rings (SSSR count). The monoisotopic (exact) mass is 454 g/mol. The molecule has 0 radical (unpaired) electrons. The maximum atomic E-state index is 12.6. The highest BCUT2D eigenvalue weighted by Crippen LogP contribution is 2.37. The predicted octanol–water partition coefficient (Wildman–Crippen LogP) is 5.13. The van der Waals surface area contributed by atoms with Gasteiger partial charge >= 0.3 is 5.97 Å². The van der Waals surface area contributed by atoms with Crippen molar-refractivity contribution in [2.75, 3.05) is 18.5 Å². The number of hydrogen-bond donors (Lipinski definition) is 1. The first kappa shape index (κ1) is 23.0. The van der Waals surface area contributed by atoms with Crippen molar-refractivity contribution in [2.24, 2.45) is 0 Å². The van der Waals surface area contributed by atoms with Gasteiger partial charge in [-0.2, -0.15) is 0 Å². The normalized spacial score (nSPS) is 10.5. The van der Waals surface area contributed by atoms with Crippen molar-refractivity contribution in [3.05, 3.63) is 74.6 Å². The van der Waals surface area contributed by atoms with E-state index in [4.69, 9.17) is 9.47 Å². The van der Waals surface area contributed by atoms with Crippen LogP contribution in [0, 0.1) is 24.0 Å². The molecule has 0 saturated heterocycles. The lowest BCUT2D eigenvalue weighted by Crippen LogP contribution is -2.21. The van der Waals surface area contributed by atoms with Gasteiger partial charge in [0.2, 0.25) is 0 Å². The number of ether oxygens (including phenoxy) is 2. The molecule has 0 fully saturated rings. The molecule has 0 aliphatic rings. The molecule has 0 unspecified atom stereocenters. The van der Waals surface area contributed by atoms with Crippen LogP contribution in [-0.2, 0) is 9.53 Å². The van der Waals surface area contributed by atoms with Gasteiger partial charge in [0.15, 0.2) is 6.61 Å². The zero-order valence-corrected chi connectivity index (χ0v) is 18.7. The minimum atomic E-state index is -0.624. The van der Waals surface area contributed by atoms with Gasteiger partial charge in [-0.05, 0) is 49.6 Å². The molecule has 1 aromatic heterocycles. The van der Waals surface area contributed by atoms with Gasteiger partial charge in [0, 0.05) is 23.1 Å². The van der Waals surface area contributed by atoms with Crippen LogP contribution in [0.1, 0.15) is 28.4 Å². The quantitative estimate of drug-likeness (QED) is 0.287. The molecule has 1 N–H and O–H groups in total. The Morgan fingerprint density at radius 2 is 1.91 bits per heavy atom. The highest BCUT2D eigenvalue weighted by molar-refractivity contribution is 7.15. The molecule has 2 aromatic carbocycles. The van der Waals surface area contributed by atoms with E-state index >= 15 is 0 Å². The molecule has 0 aliphatic heterocycles. The summed E-state index contributed by atoms with van der Waals surface area (Å²) >= 11 is 1.14. The number of thiophene rings is 1. The van der Waals surface area contributed by atoms with E-state index in [0.29, 0.717) is 21.9 Å². The topological polar surface area (TPSA) is 108 Å². The van der Waals surface area contributed by atoms with Crippen LogP contribution in [0.2, 0.25) is 0 Å². The van der Waals surface area contributed by atoms with Gasteiger partial charge in [-0.1, -0.05) is 18.2 Å². The fourth-order valence-electron chi connectivity index (χ4n) is 2.97. The third-order valence-electron chi connectivity index (χ3n) is 4.74. The predicted molar refractivity (Wildman–Crippen MR) is 122 cm³/mol. The molecular weight excluding hydrogens is 432 g/mol. The first-order valence-electron chi connectivity index (χ1n) is 9.83. The minimum absolute atomic E-state index is 0.101. The summed E-state index contributed by atoms with van der Waals surface area (Å²) in [7, 11) is 0. The number of amides is 1. The highest BCUT2D eigenvalue weighted by Gasteiger charge is 2.24. The van der Waals surface area contributed by atoms with E-state index in [2.05, 4.69) is 5.32 Å². The number of carbonyl (C=O) groups is 2. The first-order valence-corrected chi connectivity index (χ1v) is 10.7. The number of rotatable bonds is 8. The SMILES string of the molecule is CCOC(=O)c1c(-c2cccc([N+](=O)[O-])c2)csc1NC(=O)COc1ccc(C)c(C)c1. The van der Waals surface area contributed by atoms with E-state index in [1.807, 2.05) is 26.0 Å². The lowest BCUT2D eigenvalue weighted by molar-refractivity contribution is -0.384. The fraction of sp³-hybridized carbons (Fsp3) is 0.217. The van der Waals surface area contributed by atoms with Crippen molar-refractivity contribution in [3.63, 3.8) is 0 Å². The lowest BCUT2D eigenvalue weighted by Gasteiger charge is -2.10. The molecule has 1 heterocycles. The van der Waals surface area contributed by atoms with E-state index in [1.54, 1.807) is 24.4 Å². The Morgan fingerprint density at radius 1 is 1.12 bits per heavy atom. The van der Waals surface area contributed by atoms with Crippen LogP contribution in [0.3, 0.4) is 0 Å². The Hall–Kier alpha value is -3.72. The number of esters is 1. The van der Waals surface area contributed by atoms with E-state index in [9.17, 15) is 19.7 Å². The van der Waals surface area contributed by atoms with Gasteiger partial charge in [-0.25, -0.2) is 4.79 Å². The summed E-state index contributed by atoms with van der Waals surface area (Å²) in [5.74, 6) is -0.501. The Morgan fingerprint density at radius 3 is 2.59 bits per heavy atom. The van der Waals surface area contributed by atoms with E-state index in [0.717, 1.165) is 22.5 Å². The van der Waals surface area contributed by atoms with Crippen LogP contribution in [0.15, 0.2) is 47.8 Å². The van der Waals surface area contributed by atoms with Crippen LogP contribution >= 0.6 is 11.3 Å². The highest BCUT2D eigenvalue weighted by atomic mass is 32.1. The Labute approximate surface area is 188 Å². The van der Waals surface area contributed by atoms with Crippen molar-refractivity contribution in [1.82, 2.24) is 0 Å². The van der Waals surface area contributed by atoms with Gasteiger partial charge in [-0.15, -0.1) is 11.3 Å². The van der Waals surface area contributed by atoms with Crippen LogP contribution in [0.5, 0.6) is 5.75 Å². The van der Waals surface area contributed by atoms with E-state index in [-0.39, 0.29) is 24.5 Å². The van der Waals surface area contributed by atoms with Crippen LogP contribution < -0.4 is 10.1 Å². The van der Waals surface area contributed by atoms with Crippen molar-refractivity contribution in [2.45, 2.75) is 20.8 Å². The van der Waals surface area contributed by atoms with Crippen molar-refractivity contribution in [3.8, 4) is 16.9 Å². The Kier molecular flexibility index (Phi) is 7.21. The van der Waals surface area contributed by atoms with Gasteiger partial charge < -0.3 is 14.8 Å². The van der Waals surface area contributed by atoms with Crippen LogP contribution in [0.25, 0.3) is 11.1 Å². The second-order valence-electron chi connectivity index (χ2n) is 6.96. The van der Waals surface area contributed by atoms with Crippen molar-refractivity contribution >= 4 is 33.9 Å². The Bertz CT molecular complexity index is 1170. The van der Waals surface area contributed by atoms with Crippen molar-refractivity contribution < 1.29 is 24.0 Å². The second kappa shape index (κ2) is 10.1. The van der Waals surface area contributed by atoms with E-state index in [1.165, 1.54) is 18.2 Å². The summed E-state index contributed by atoms with van der Waals surface area (Å²) < 4.78 is 10.7. The lowest BCUT2D eigenvalue weighted by atomic mass is 10.0. The number of hydrogen-bond acceptors (Lipinski definition) is 7. The number of benzene rings is 2. The van der Waals surface area contributed by atoms with Gasteiger partial charge in [0.25, 0.3) is 11.6 Å². The molecular formula is C23H22N2O6S. The van der Waals surface area contributed by atoms with Crippen molar-refractivity contribution in [1.29, 1.82) is 0 Å². The number of aryl methyl sites for hydroxylation is 2. The maximum Gasteiger partial charge on any atom is 0.341 e. The second-order valence-corrected chi connectivity index (χ2v) is 7.84. The molecule has 9 heteroatoms. The summed E-state index contributed by atoms with van der Waals surface area (Å²) in [5.41, 5.74) is 3.14. The Balaban J connectivity index is 1.83. The van der Waals surface area contributed by atoms with Crippen LogP contribution in [-0.4, -0.2) is 30.0 Å². The van der Waals surface area contributed by atoms with Gasteiger partial charge in [-0.3, -0.25) is 14.9 Å². The first-order chi connectivity index (χ1) is 15.3. The van der Waals surface area contributed by atoms with Crippen LogP contribution in [0.4, 0.5) is 10.7 Å². The average molecular weight is 455 g/mol. The number of nitro groups is 1. The molecule has 0 saturated carbocycles. The maximum absolute atomic E-state index is 12.6. The number of anilines is 1. The van der Waals surface area contributed by atoms with Gasteiger partial charge in [0.05, 0.1) is 11.5 Å². The molecule has 0 bridgehead atoms. The summed E-state index contributed by atoms with van der Waals surface area (Å²) in [4.78, 5) is 35.7. The molecule has 3 aromatic rings. The molecule has 8 nitrogen and oxygen atoms in total. The molecule has 0 aliphatic carbocycles. The molecule has 166 valence electrons. The van der Waals surface area contributed by atoms with E-state index < -0.39 is 16.8 Å². The fourth-order valence-corrected chi connectivity index (χ4v) is 3.94. The van der Waals surface area contributed by atoms with Gasteiger partial charge in [0.1, 0.15) is 16.3 Å². The molecule has 0 spiro atoms.